The van der Waals surface area contributed by atoms with Crippen molar-refractivity contribution in [1.82, 2.24) is 9.78 Å². The van der Waals surface area contributed by atoms with Gasteiger partial charge in [-0.25, -0.2) is 4.79 Å². The Morgan fingerprint density at radius 2 is 2.04 bits per heavy atom. The van der Waals surface area contributed by atoms with Crippen LogP contribution in [0.5, 0.6) is 0 Å². The molecule has 2 rings (SSSR count). The van der Waals surface area contributed by atoms with E-state index in [0.29, 0.717) is 11.3 Å². The topological polar surface area (TPSA) is 122 Å². The van der Waals surface area contributed by atoms with Gasteiger partial charge in [0, 0.05) is 34.8 Å². The number of hydrogen-bond donors (Lipinski definition) is 2. The van der Waals surface area contributed by atoms with Crippen molar-refractivity contribution in [2.45, 2.75) is 13.0 Å². The van der Waals surface area contributed by atoms with E-state index in [1.165, 1.54) is 10.8 Å². The van der Waals surface area contributed by atoms with Gasteiger partial charge in [0.05, 0.1) is 5.69 Å². The molecule has 1 heterocycles. The van der Waals surface area contributed by atoms with Gasteiger partial charge in [-0.3, -0.25) is 9.48 Å². The van der Waals surface area contributed by atoms with Gasteiger partial charge in [-0.2, -0.15) is 10.4 Å². The van der Waals surface area contributed by atoms with Crippen molar-refractivity contribution in [3.05, 3.63) is 46.1 Å². The van der Waals surface area contributed by atoms with E-state index in [0.717, 1.165) is 10.0 Å². The molecule has 1 aromatic heterocycles. The third kappa shape index (κ3) is 4.30. The largest absolute Gasteiger partial charge is 0.477 e. The van der Waals surface area contributed by atoms with E-state index in [4.69, 9.17) is 16.1 Å². The van der Waals surface area contributed by atoms with Crippen molar-refractivity contribution in [2.24, 2.45) is 5.73 Å². The fraction of sp³-hybridized carbons (Fsp3) is 0.125. The quantitative estimate of drug-likeness (QED) is 0.579. The number of nitrogens with zero attached hydrogens (tertiary/aromatic N) is 3. The predicted molar refractivity (Wildman–Crippen MR) is 90.4 cm³/mol. The smallest absolute Gasteiger partial charge is 0.346 e. The van der Waals surface area contributed by atoms with Crippen LogP contribution in [0.2, 0.25) is 0 Å². The fourth-order valence-corrected chi connectivity index (χ4v) is 2.28. The number of amides is 1. The lowest BCUT2D eigenvalue weighted by atomic mass is 10.1. The third-order valence-corrected chi connectivity index (χ3v) is 3.67. The molecule has 0 radical (unpaired) electrons. The van der Waals surface area contributed by atoms with Gasteiger partial charge in [0.2, 0.25) is 5.91 Å². The number of hydrogen-bond acceptors (Lipinski definition) is 4. The molecule has 0 atom stereocenters. The molecular weight excluding hydrogens is 376 g/mol. The Kier molecular flexibility index (Phi) is 5.50. The zero-order chi connectivity index (χ0) is 17.7. The highest BCUT2D eigenvalue weighted by Crippen LogP contribution is 2.26. The number of aliphatic carboxylic acids is 1. The van der Waals surface area contributed by atoms with Crippen molar-refractivity contribution in [3.63, 3.8) is 0 Å². The SMILES string of the molecule is N#C/C(=C\c1cn(CCC(N)=O)nc1-c1ccc(Br)cc1)C(=O)O. The number of aryl methyl sites for hydroxylation is 1. The summed E-state index contributed by atoms with van der Waals surface area (Å²) in [5.74, 6) is -1.78. The van der Waals surface area contributed by atoms with Crippen LogP contribution in [-0.2, 0) is 16.1 Å². The summed E-state index contributed by atoms with van der Waals surface area (Å²) in [4.78, 5) is 22.0. The first kappa shape index (κ1) is 17.4. The van der Waals surface area contributed by atoms with Gasteiger partial charge >= 0.3 is 5.97 Å². The minimum absolute atomic E-state index is 0.106. The number of primary amides is 1. The second kappa shape index (κ2) is 7.57. The maximum absolute atomic E-state index is 11.1. The lowest BCUT2D eigenvalue weighted by Gasteiger charge is -2.00. The maximum Gasteiger partial charge on any atom is 0.346 e. The Hall–Kier alpha value is -2.92. The van der Waals surface area contributed by atoms with Gasteiger partial charge in [-0.1, -0.05) is 28.1 Å². The van der Waals surface area contributed by atoms with Gasteiger partial charge in [-0.05, 0) is 18.2 Å². The third-order valence-electron chi connectivity index (χ3n) is 3.15. The van der Waals surface area contributed by atoms with Crippen LogP contribution in [0.4, 0.5) is 0 Å². The van der Waals surface area contributed by atoms with E-state index in [1.54, 1.807) is 12.3 Å². The second-order valence-electron chi connectivity index (χ2n) is 4.89. The highest BCUT2D eigenvalue weighted by atomic mass is 79.9. The van der Waals surface area contributed by atoms with Gasteiger partial charge in [0.25, 0.3) is 0 Å². The molecule has 24 heavy (non-hydrogen) atoms. The Morgan fingerprint density at radius 3 is 2.58 bits per heavy atom. The first-order chi connectivity index (χ1) is 11.4. The van der Waals surface area contributed by atoms with E-state index in [1.807, 2.05) is 24.3 Å². The van der Waals surface area contributed by atoms with Crippen molar-refractivity contribution in [2.75, 3.05) is 0 Å². The minimum atomic E-state index is -1.32. The molecule has 0 spiro atoms. The minimum Gasteiger partial charge on any atom is -0.477 e. The molecule has 0 unspecified atom stereocenters. The molecule has 122 valence electrons. The maximum atomic E-state index is 11.1. The Bertz CT molecular complexity index is 847. The number of rotatable bonds is 6. The number of nitrogens with two attached hydrogens (primary N) is 1. The second-order valence-corrected chi connectivity index (χ2v) is 5.81. The van der Waals surface area contributed by atoms with E-state index < -0.39 is 17.4 Å². The van der Waals surface area contributed by atoms with E-state index in [-0.39, 0.29) is 13.0 Å². The van der Waals surface area contributed by atoms with Gasteiger partial charge < -0.3 is 10.8 Å². The summed E-state index contributed by atoms with van der Waals surface area (Å²) in [7, 11) is 0. The van der Waals surface area contributed by atoms with Gasteiger partial charge in [0.15, 0.2) is 0 Å². The Morgan fingerprint density at radius 1 is 1.38 bits per heavy atom. The number of carboxylic acids is 1. The summed E-state index contributed by atoms with van der Waals surface area (Å²) in [6.07, 6.45) is 2.95. The molecule has 0 fully saturated rings. The van der Waals surface area contributed by atoms with Gasteiger partial charge in [0.1, 0.15) is 11.6 Å². The van der Waals surface area contributed by atoms with E-state index in [9.17, 15) is 9.59 Å². The fourth-order valence-electron chi connectivity index (χ4n) is 2.01. The van der Waals surface area contributed by atoms with Crippen LogP contribution in [0.25, 0.3) is 17.3 Å². The molecule has 3 N–H and O–H groups in total. The average molecular weight is 389 g/mol. The van der Waals surface area contributed by atoms with Crippen LogP contribution in [0.3, 0.4) is 0 Å². The first-order valence-electron chi connectivity index (χ1n) is 6.87. The highest BCUT2D eigenvalue weighted by Gasteiger charge is 2.14. The molecule has 0 aliphatic heterocycles. The number of carboxylic acid groups (broad SMARTS) is 1. The molecule has 1 amide bonds. The lowest BCUT2D eigenvalue weighted by Crippen LogP contribution is -2.14. The van der Waals surface area contributed by atoms with Crippen molar-refractivity contribution >= 4 is 33.9 Å². The molecule has 7 nitrogen and oxygen atoms in total. The van der Waals surface area contributed by atoms with Crippen LogP contribution < -0.4 is 5.73 Å². The summed E-state index contributed by atoms with van der Waals surface area (Å²) < 4.78 is 2.39. The van der Waals surface area contributed by atoms with Crippen molar-refractivity contribution in [3.8, 4) is 17.3 Å². The van der Waals surface area contributed by atoms with Crippen LogP contribution in [0.15, 0.2) is 40.5 Å². The Labute approximate surface area is 146 Å². The van der Waals surface area contributed by atoms with E-state index in [2.05, 4.69) is 21.0 Å². The number of carbonyl (C=O) groups is 2. The van der Waals surface area contributed by atoms with E-state index >= 15 is 0 Å². The van der Waals surface area contributed by atoms with Crippen LogP contribution in [0.1, 0.15) is 12.0 Å². The molecule has 0 saturated carbocycles. The lowest BCUT2D eigenvalue weighted by molar-refractivity contribution is -0.132. The van der Waals surface area contributed by atoms with Crippen molar-refractivity contribution in [1.29, 1.82) is 5.26 Å². The molecule has 8 heteroatoms. The molecule has 0 bridgehead atoms. The summed E-state index contributed by atoms with van der Waals surface area (Å²) in [6.45, 7) is 0.266. The summed E-state index contributed by atoms with van der Waals surface area (Å²) in [6, 6.07) is 8.92. The van der Waals surface area contributed by atoms with Crippen molar-refractivity contribution < 1.29 is 14.7 Å². The van der Waals surface area contributed by atoms with Crippen LogP contribution in [0, 0.1) is 11.3 Å². The first-order valence-corrected chi connectivity index (χ1v) is 7.67. The molecule has 2 aromatic rings. The normalized spacial score (nSPS) is 11.1. The predicted octanol–water partition coefficient (Wildman–Crippen LogP) is 2.18. The zero-order valence-electron chi connectivity index (χ0n) is 12.4. The summed E-state index contributed by atoms with van der Waals surface area (Å²) in [5.41, 5.74) is 6.48. The monoisotopic (exact) mass is 388 g/mol. The summed E-state index contributed by atoms with van der Waals surface area (Å²) in [5, 5.41) is 22.4. The van der Waals surface area contributed by atoms with Crippen LogP contribution >= 0.6 is 15.9 Å². The molecular formula is C16H13BrN4O3. The number of carbonyl (C=O) groups excluding carboxylic acids is 1. The number of aromatic nitrogens is 2. The molecule has 0 aliphatic carbocycles. The molecule has 0 saturated heterocycles. The standard InChI is InChI=1S/C16H13BrN4O3/c17-13-3-1-10(2-4-13)15-12(7-11(8-18)16(23)24)9-21(20-15)6-5-14(19)22/h1-4,7,9H,5-6H2,(H2,19,22)(H,23,24)/b11-7+. The zero-order valence-corrected chi connectivity index (χ0v) is 14.0. The highest BCUT2D eigenvalue weighted by molar-refractivity contribution is 9.10. The number of halogens is 1. The molecule has 0 aliphatic rings. The average Bonchev–Trinajstić information content (AvgIpc) is 2.94. The summed E-state index contributed by atoms with van der Waals surface area (Å²) >= 11 is 3.34. The van der Waals surface area contributed by atoms with Gasteiger partial charge in [-0.15, -0.1) is 0 Å². The number of benzene rings is 1. The molecule has 1 aromatic carbocycles. The van der Waals surface area contributed by atoms with Crippen LogP contribution in [-0.4, -0.2) is 26.8 Å². The number of nitriles is 1. The Balaban J connectivity index is 2.50.